The number of carbonyl (C=O) groups is 1. The van der Waals surface area contributed by atoms with Gasteiger partial charge in [0.15, 0.2) is 0 Å². The molecule has 20 heavy (non-hydrogen) atoms. The third-order valence-electron chi connectivity index (χ3n) is 3.01. The summed E-state index contributed by atoms with van der Waals surface area (Å²) in [6, 6.07) is 7.47. The Morgan fingerprint density at radius 3 is 2.40 bits per heavy atom. The van der Waals surface area contributed by atoms with Crippen LogP contribution in [0.3, 0.4) is 0 Å². The number of imidazole rings is 1. The molecule has 0 saturated carbocycles. The highest BCUT2D eigenvalue weighted by atomic mass is 35.5. The summed E-state index contributed by atoms with van der Waals surface area (Å²) in [5, 5.41) is 2.67. The SMILES string of the molecule is CCn1c(=O)n(CC(=O)NCCN)c2ccccc21.Cl. The summed E-state index contributed by atoms with van der Waals surface area (Å²) in [5.41, 5.74) is 6.79. The van der Waals surface area contributed by atoms with Crippen molar-refractivity contribution in [1.82, 2.24) is 14.5 Å². The Balaban J connectivity index is 0.00000200. The number of para-hydroxylation sites is 2. The second-order valence-corrected chi connectivity index (χ2v) is 4.24. The predicted molar refractivity (Wildman–Crippen MR) is 81.2 cm³/mol. The summed E-state index contributed by atoms with van der Waals surface area (Å²) in [4.78, 5) is 24.0. The molecule has 0 bridgehead atoms. The smallest absolute Gasteiger partial charge is 0.329 e. The van der Waals surface area contributed by atoms with Crippen LogP contribution in [0.5, 0.6) is 0 Å². The van der Waals surface area contributed by atoms with Gasteiger partial charge in [-0.15, -0.1) is 12.4 Å². The zero-order chi connectivity index (χ0) is 13.8. The lowest BCUT2D eigenvalue weighted by atomic mass is 10.3. The molecule has 2 aromatic rings. The molecule has 6 nitrogen and oxygen atoms in total. The molecule has 0 saturated heterocycles. The third kappa shape index (κ3) is 3.02. The van der Waals surface area contributed by atoms with Crippen LogP contribution in [0.4, 0.5) is 0 Å². The van der Waals surface area contributed by atoms with Gasteiger partial charge in [-0.3, -0.25) is 13.9 Å². The highest BCUT2D eigenvalue weighted by Crippen LogP contribution is 2.12. The summed E-state index contributed by atoms with van der Waals surface area (Å²) < 4.78 is 3.15. The van der Waals surface area contributed by atoms with E-state index in [1.165, 1.54) is 4.57 Å². The molecule has 2 rings (SSSR count). The zero-order valence-electron chi connectivity index (χ0n) is 11.3. The van der Waals surface area contributed by atoms with Gasteiger partial charge in [-0.05, 0) is 19.1 Å². The van der Waals surface area contributed by atoms with Crippen LogP contribution in [0.1, 0.15) is 6.92 Å². The first-order valence-electron chi connectivity index (χ1n) is 6.33. The number of fused-ring (bicyclic) bond motifs is 1. The summed E-state index contributed by atoms with van der Waals surface area (Å²) in [6.07, 6.45) is 0. The van der Waals surface area contributed by atoms with Gasteiger partial charge < -0.3 is 11.1 Å². The van der Waals surface area contributed by atoms with Gasteiger partial charge >= 0.3 is 5.69 Å². The second kappa shape index (κ2) is 7.12. The van der Waals surface area contributed by atoms with E-state index in [1.807, 2.05) is 31.2 Å². The predicted octanol–water partition coefficient (Wildman–Crippen LogP) is 0.320. The van der Waals surface area contributed by atoms with Gasteiger partial charge in [0.2, 0.25) is 5.91 Å². The van der Waals surface area contributed by atoms with E-state index >= 15 is 0 Å². The second-order valence-electron chi connectivity index (χ2n) is 4.24. The zero-order valence-corrected chi connectivity index (χ0v) is 12.2. The Kier molecular flexibility index (Phi) is 5.79. The van der Waals surface area contributed by atoms with Crippen LogP contribution in [-0.4, -0.2) is 28.1 Å². The Bertz CT molecular complexity index is 647. The lowest BCUT2D eigenvalue weighted by molar-refractivity contribution is -0.121. The fourth-order valence-electron chi connectivity index (χ4n) is 2.14. The number of rotatable bonds is 5. The molecule has 1 heterocycles. The molecular weight excluding hydrogens is 280 g/mol. The number of aromatic nitrogens is 2. The molecular formula is C13H19ClN4O2. The van der Waals surface area contributed by atoms with Crippen molar-refractivity contribution < 1.29 is 4.79 Å². The molecule has 0 aliphatic carbocycles. The fourth-order valence-corrected chi connectivity index (χ4v) is 2.14. The number of nitrogens with one attached hydrogen (secondary N) is 1. The number of hydrogen-bond donors (Lipinski definition) is 2. The number of amides is 1. The lowest BCUT2D eigenvalue weighted by Crippen LogP contribution is -2.35. The van der Waals surface area contributed by atoms with Crippen molar-refractivity contribution >= 4 is 29.3 Å². The summed E-state index contributed by atoms with van der Waals surface area (Å²) in [7, 11) is 0. The van der Waals surface area contributed by atoms with Gasteiger partial charge in [0.1, 0.15) is 6.54 Å². The molecule has 0 radical (unpaired) electrons. The van der Waals surface area contributed by atoms with E-state index in [2.05, 4.69) is 5.32 Å². The van der Waals surface area contributed by atoms with Crippen molar-refractivity contribution in [2.24, 2.45) is 5.73 Å². The van der Waals surface area contributed by atoms with E-state index in [9.17, 15) is 9.59 Å². The lowest BCUT2D eigenvalue weighted by Gasteiger charge is -2.04. The van der Waals surface area contributed by atoms with Crippen molar-refractivity contribution in [1.29, 1.82) is 0 Å². The van der Waals surface area contributed by atoms with Gasteiger partial charge in [0.25, 0.3) is 0 Å². The third-order valence-corrected chi connectivity index (χ3v) is 3.01. The molecule has 0 unspecified atom stereocenters. The van der Waals surface area contributed by atoms with Crippen LogP contribution in [0.25, 0.3) is 11.0 Å². The molecule has 0 spiro atoms. The standard InChI is InChI=1S/C13H18N4O2.ClH/c1-2-16-10-5-3-4-6-11(10)17(13(16)19)9-12(18)15-8-7-14;/h3-6H,2,7-9,14H2,1H3,(H,15,18);1H. The Labute approximate surface area is 123 Å². The fraction of sp³-hybridized carbons (Fsp3) is 0.385. The number of halogens is 1. The van der Waals surface area contributed by atoms with Crippen LogP contribution in [0.15, 0.2) is 29.1 Å². The van der Waals surface area contributed by atoms with Crippen LogP contribution >= 0.6 is 12.4 Å². The monoisotopic (exact) mass is 298 g/mol. The van der Waals surface area contributed by atoms with E-state index in [0.717, 1.165) is 11.0 Å². The molecule has 110 valence electrons. The molecule has 0 atom stereocenters. The summed E-state index contributed by atoms with van der Waals surface area (Å²) >= 11 is 0. The maximum Gasteiger partial charge on any atom is 0.329 e. The highest BCUT2D eigenvalue weighted by molar-refractivity contribution is 5.85. The molecule has 7 heteroatoms. The Hall–Kier alpha value is -1.79. The number of benzene rings is 1. The number of nitrogens with zero attached hydrogens (tertiary/aromatic N) is 2. The minimum absolute atomic E-state index is 0. The van der Waals surface area contributed by atoms with Gasteiger partial charge in [-0.25, -0.2) is 4.79 Å². The molecule has 1 aromatic carbocycles. The minimum Gasteiger partial charge on any atom is -0.353 e. The molecule has 0 aliphatic heterocycles. The molecule has 0 aliphatic rings. The maximum atomic E-state index is 12.2. The summed E-state index contributed by atoms with van der Waals surface area (Å²) in [6.45, 7) is 3.31. The van der Waals surface area contributed by atoms with Crippen LogP contribution < -0.4 is 16.7 Å². The first-order chi connectivity index (χ1) is 9.19. The average molecular weight is 299 g/mol. The van der Waals surface area contributed by atoms with Crippen molar-refractivity contribution in [3.8, 4) is 0 Å². The molecule has 1 amide bonds. The van der Waals surface area contributed by atoms with Gasteiger partial charge in [0, 0.05) is 19.6 Å². The van der Waals surface area contributed by atoms with Crippen molar-refractivity contribution in [2.45, 2.75) is 20.0 Å². The van der Waals surface area contributed by atoms with Crippen LogP contribution in [0.2, 0.25) is 0 Å². The maximum absolute atomic E-state index is 12.2. The minimum atomic E-state index is -0.202. The normalized spacial score (nSPS) is 10.3. The molecule has 1 aromatic heterocycles. The highest BCUT2D eigenvalue weighted by Gasteiger charge is 2.13. The van der Waals surface area contributed by atoms with Crippen LogP contribution in [0, 0.1) is 0 Å². The van der Waals surface area contributed by atoms with Crippen molar-refractivity contribution in [3.05, 3.63) is 34.7 Å². The molecule has 0 fully saturated rings. The first-order valence-corrected chi connectivity index (χ1v) is 6.33. The first kappa shape index (κ1) is 16.3. The quantitative estimate of drug-likeness (QED) is 0.834. The van der Waals surface area contributed by atoms with E-state index in [0.29, 0.717) is 19.6 Å². The van der Waals surface area contributed by atoms with Gasteiger partial charge in [-0.1, -0.05) is 12.1 Å². The van der Waals surface area contributed by atoms with Crippen LogP contribution in [-0.2, 0) is 17.9 Å². The summed E-state index contributed by atoms with van der Waals surface area (Å²) in [5.74, 6) is -0.202. The number of carbonyl (C=O) groups excluding carboxylic acids is 1. The average Bonchev–Trinajstić information content (AvgIpc) is 2.69. The Morgan fingerprint density at radius 2 is 1.85 bits per heavy atom. The van der Waals surface area contributed by atoms with Crippen molar-refractivity contribution in [2.75, 3.05) is 13.1 Å². The largest absolute Gasteiger partial charge is 0.353 e. The van der Waals surface area contributed by atoms with Crippen molar-refractivity contribution in [3.63, 3.8) is 0 Å². The topological polar surface area (TPSA) is 82.0 Å². The molecule has 3 N–H and O–H groups in total. The van der Waals surface area contributed by atoms with E-state index in [-0.39, 0.29) is 30.5 Å². The number of nitrogens with two attached hydrogens (primary N) is 1. The van der Waals surface area contributed by atoms with Gasteiger partial charge in [-0.2, -0.15) is 0 Å². The number of hydrogen-bond acceptors (Lipinski definition) is 3. The Morgan fingerprint density at radius 1 is 1.25 bits per heavy atom. The number of aryl methyl sites for hydroxylation is 1. The van der Waals surface area contributed by atoms with Gasteiger partial charge in [0.05, 0.1) is 11.0 Å². The van der Waals surface area contributed by atoms with E-state index < -0.39 is 0 Å². The van der Waals surface area contributed by atoms with E-state index in [4.69, 9.17) is 5.73 Å². The van der Waals surface area contributed by atoms with E-state index in [1.54, 1.807) is 4.57 Å².